The molecule has 0 heterocycles. The van der Waals surface area contributed by atoms with Crippen LogP contribution >= 0.6 is 11.6 Å². The monoisotopic (exact) mass is 395 g/mol. The van der Waals surface area contributed by atoms with E-state index in [1.807, 2.05) is 78.9 Å². The van der Waals surface area contributed by atoms with Crippen molar-refractivity contribution in [2.75, 3.05) is 18.5 Å². The van der Waals surface area contributed by atoms with Gasteiger partial charge < -0.3 is 14.8 Å². The smallest absolute Gasteiger partial charge is 0.224 e. The molecule has 0 spiro atoms. The van der Waals surface area contributed by atoms with Crippen LogP contribution in [0.4, 0.5) is 5.69 Å². The van der Waals surface area contributed by atoms with Crippen LogP contribution in [0.2, 0.25) is 5.02 Å². The van der Waals surface area contributed by atoms with E-state index in [1.54, 1.807) is 0 Å². The van der Waals surface area contributed by atoms with Gasteiger partial charge in [0, 0.05) is 11.4 Å². The van der Waals surface area contributed by atoms with Gasteiger partial charge in [-0.25, -0.2) is 0 Å². The molecule has 144 valence electrons. The Hall–Kier alpha value is -2.98. The predicted molar refractivity (Wildman–Crippen MR) is 112 cm³/mol. The van der Waals surface area contributed by atoms with E-state index in [0.29, 0.717) is 42.5 Å². The Balaban J connectivity index is 1.49. The lowest BCUT2D eigenvalue weighted by Gasteiger charge is -2.13. The predicted octanol–water partition coefficient (Wildman–Crippen LogP) is 5.37. The first kappa shape index (κ1) is 19.8. The van der Waals surface area contributed by atoms with Gasteiger partial charge in [0.1, 0.15) is 24.7 Å². The van der Waals surface area contributed by atoms with Gasteiger partial charge in [0.15, 0.2) is 0 Å². The quantitative estimate of drug-likeness (QED) is 0.495. The van der Waals surface area contributed by atoms with Crippen LogP contribution in [0.25, 0.3) is 0 Å². The summed E-state index contributed by atoms with van der Waals surface area (Å²) in [5, 5.41) is 3.59. The zero-order chi connectivity index (χ0) is 19.6. The number of anilines is 1. The van der Waals surface area contributed by atoms with E-state index < -0.39 is 0 Å². The Bertz CT molecular complexity index is 899. The van der Waals surface area contributed by atoms with Crippen molar-refractivity contribution in [3.63, 3.8) is 0 Å². The van der Waals surface area contributed by atoms with E-state index >= 15 is 0 Å². The Labute approximate surface area is 170 Å². The summed E-state index contributed by atoms with van der Waals surface area (Å²) in [5.41, 5.74) is 1.60. The van der Waals surface area contributed by atoms with Gasteiger partial charge >= 0.3 is 0 Å². The second-order valence-electron chi connectivity index (χ2n) is 6.15. The Morgan fingerprint density at radius 2 is 1.50 bits per heavy atom. The summed E-state index contributed by atoms with van der Waals surface area (Å²) in [6.45, 7) is 0.792. The lowest BCUT2D eigenvalue weighted by atomic mass is 10.1. The van der Waals surface area contributed by atoms with Crippen LogP contribution in [0.5, 0.6) is 11.5 Å². The third-order valence-electron chi connectivity index (χ3n) is 4.09. The molecule has 3 aromatic carbocycles. The summed E-state index contributed by atoms with van der Waals surface area (Å²) in [4.78, 5) is 12.3. The van der Waals surface area contributed by atoms with Crippen LogP contribution in [-0.2, 0) is 11.2 Å². The highest BCUT2D eigenvalue weighted by Gasteiger charge is 2.09. The molecule has 0 bridgehead atoms. The molecule has 1 N–H and O–H groups in total. The third-order valence-corrected chi connectivity index (χ3v) is 4.46. The molecule has 0 fully saturated rings. The minimum atomic E-state index is -0.0866. The van der Waals surface area contributed by atoms with Crippen molar-refractivity contribution in [1.82, 2.24) is 0 Å². The molecule has 0 aliphatic rings. The fourth-order valence-corrected chi connectivity index (χ4v) is 2.92. The average molecular weight is 396 g/mol. The van der Waals surface area contributed by atoms with Crippen molar-refractivity contribution in [2.24, 2.45) is 0 Å². The van der Waals surface area contributed by atoms with Crippen LogP contribution < -0.4 is 14.8 Å². The van der Waals surface area contributed by atoms with Gasteiger partial charge in [-0.1, -0.05) is 60.1 Å². The van der Waals surface area contributed by atoms with E-state index in [1.165, 1.54) is 0 Å². The Morgan fingerprint density at radius 3 is 2.32 bits per heavy atom. The van der Waals surface area contributed by atoms with E-state index in [2.05, 4.69) is 5.32 Å². The fraction of sp³-hybridized carbons (Fsp3) is 0.174. The average Bonchev–Trinajstić information content (AvgIpc) is 2.72. The molecule has 0 aliphatic heterocycles. The van der Waals surface area contributed by atoms with E-state index in [-0.39, 0.29) is 5.91 Å². The summed E-state index contributed by atoms with van der Waals surface area (Å²) in [6.07, 6.45) is 0.925. The van der Waals surface area contributed by atoms with Crippen LogP contribution in [0, 0.1) is 0 Å². The minimum absolute atomic E-state index is 0.0866. The van der Waals surface area contributed by atoms with Gasteiger partial charge in [-0.2, -0.15) is 0 Å². The number of carbonyl (C=O) groups excluding carboxylic acids is 1. The molecule has 0 saturated carbocycles. The molecule has 0 radical (unpaired) electrons. The number of nitrogens with one attached hydrogen (secondary N) is 1. The Kier molecular flexibility index (Phi) is 7.33. The number of amides is 1. The number of carbonyl (C=O) groups is 1. The largest absolute Gasteiger partial charge is 0.490 e. The topological polar surface area (TPSA) is 47.6 Å². The van der Waals surface area contributed by atoms with Gasteiger partial charge in [0.05, 0.1) is 5.69 Å². The number of hydrogen-bond acceptors (Lipinski definition) is 3. The maximum atomic E-state index is 12.3. The van der Waals surface area contributed by atoms with Gasteiger partial charge in [-0.3, -0.25) is 4.79 Å². The highest BCUT2D eigenvalue weighted by atomic mass is 35.5. The molecule has 0 aliphatic carbocycles. The normalized spacial score (nSPS) is 10.3. The lowest BCUT2D eigenvalue weighted by molar-refractivity contribution is -0.116. The minimum Gasteiger partial charge on any atom is -0.490 e. The Morgan fingerprint density at radius 1 is 0.821 bits per heavy atom. The van der Waals surface area contributed by atoms with Gasteiger partial charge in [0.25, 0.3) is 0 Å². The highest BCUT2D eigenvalue weighted by Crippen LogP contribution is 2.24. The van der Waals surface area contributed by atoms with Crippen LogP contribution in [0.3, 0.4) is 0 Å². The standard InChI is InChI=1S/C23H22ClNO3/c24-20-11-5-4-8-18(20)14-15-23(26)25-21-12-6-7-13-22(21)28-17-16-27-19-9-2-1-3-10-19/h1-13H,14-17H2,(H,25,26). The number of ether oxygens (including phenoxy) is 2. The van der Waals surface area contributed by atoms with E-state index in [0.717, 1.165) is 11.3 Å². The molecule has 3 aromatic rings. The van der Waals surface area contributed by atoms with Crippen molar-refractivity contribution in [1.29, 1.82) is 0 Å². The maximum absolute atomic E-state index is 12.3. The number of hydrogen-bond donors (Lipinski definition) is 1. The summed E-state index contributed by atoms with van der Waals surface area (Å²) >= 11 is 6.14. The van der Waals surface area contributed by atoms with Gasteiger partial charge in [-0.15, -0.1) is 0 Å². The molecule has 0 aromatic heterocycles. The maximum Gasteiger partial charge on any atom is 0.224 e. The summed E-state index contributed by atoms with van der Waals surface area (Å²) in [6, 6.07) is 24.5. The molecular formula is C23H22ClNO3. The SMILES string of the molecule is O=C(CCc1ccccc1Cl)Nc1ccccc1OCCOc1ccccc1. The number of para-hydroxylation sites is 3. The van der Waals surface area contributed by atoms with Crippen LogP contribution in [0.15, 0.2) is 78.9 Å². The first-order valence-corrected chi connectivity index (χ1v) is 9.53. The first-order chi connectivity index (χ1) is 13.7. The van der Waals surface area contributed by atoms with Crippen LogP contribution in [0.1, 0.15) is 12.0 Å². The molecule has 5 heteroatoms. The fourth-order valence-electron chi connectivity index (χ4n) is 2.69. The van der Waals surface area contributed by atoms with E-state index in [4.69, 9.17) is 21.1 Å². The first-order valence-electron chi connectivity index (χ1n) is 9.15. The number of halogens is 1. The zero-order valence-corrected chi connectivity index (χ0v) is 16.2. The molecular weight excluding hydrogens is 374 g/mol. The summed E-state index contributed by atoms with van der Waals surface area (Å²) in [5.74, 6) is 1.33. The second kappa shape index (κ2) is 10.4. The summed E-state index contributed by atoms with van der Waals surface area (Å²) < 4.78 is 11.4. The molecule has 28 heavy (non-hydrogen) atoms. The second-order valence-corrected chi connectivity index (χ2v) is 6.55. The van der Waals surface area contributed by atoms with Crippen molar-refractivity contribution in [3.05, 3.63) is 89.4 Å². The van der Waals surface area contributed by atoms with Crippen molar-refractivity contribution >= 4 is 23.2 Å². The van der Waals surface area contributed by atoms with Crippen molar-refractivity contribution < 1.29 is 14.3 Å². The van der Waals surface area contributed by atoms with Crippen LogP contribution in [-0.4, -0.2) is 19.1 Å². The molecule has 3 rings (SSSR count). The van der Waals surface area contributed by atoms with Crippen molar-refractivity contribution in [2.45, 2.75) is 12.8 Å². The molecule has 0 unspecified atom stereocenters. The summed E-state index contributed by atoms with van der Waals surface area (Å²) in [7, 11) is 0. The number of rotatable bonds is 9. The van der Waals surface area contributed by atoms with E-state index in [9.17, 15) is 4.79 Å². The molecule has 1 amide bonds. The molecule has 0 saturated heterocycles. The van der Waals surface area contributed by atoms with Gasteiger partial charge in [-0.05, 0) is 42.3 Å². The zero-order valence-electron chi connectivity index (χ0n) is 15.4. The number of benzene rings is 3. The van der Waals surface area contributed by atoms with Crippen molar-refractivity contribution in [3.8, 4) is 11.5 Å². The number of aryl methyl sites for hydroxylation is 1. The molecule has 0 atom stereocenters. The molecule has 4 nitrogen and oxygen atoms in total. The highest BCUT2D eigenvalue weighted by molar-refractivity contribution is 6.31. The third kappa shape index (κ3) is 6.03. The lowest BCUT2D eigenvalue weighted by Crippen LogP contribution is -2.15. The van der Waals surface area contributed by atoms with Gasteiger partial charge in [0.2, 0.25) is 5.91 Å².